The predicted molar refractivity (Wildman–Crippen MR) is 86.0 cm³/mol. The second-order valence-corrected chi connectivity index (χ2v) is 6.00. The van der Waals surface area contributed by atoms with E-state index in [-0.39, 0.29) is 11.2 Å². The van der Waals surface area contributed by atoms with Gasteiger partial charge >= 0.3 is 0 Å². The number of benzene rings is 2. The molecule has 0 aliphatic carbocycles. The first kappa shape index (κ1) is 14.5. The number of nitrogens with two attached hydrogens (primary N) is 1. The number of thioether (sulfide) groups is 1. The maximum Gasteiger partial charge on any atom is 0.237 e. The zero-order chi connectivity index (χ0) is 14.5. The molecular weight excluding hydrogens is 268 g/mol. The Kier molecular flexibility index (Phi) is 4.69. The number of nitrogens with one attached hydrogen (secondary N) is 1. The van der Waals surface area contributed by atoms with Crippen LogP contribution in [0.15, 0.2) is 53.4 Å². The van der Waals surface area contributed by atoms with Crippen molar-refractivity contribution < 1.29 is 4.79 Å². The van der Waals surface area contributed by atoms with Gasteiger partial charge in [0, 0.05) is 16.3 Å². The third-order valence-corrected chi connectivity index (χ3v) is 4.17. The number of hydrogen-bond donors (Lipinski definition) is 2. The largest absolute Gasteiger partial charge is 0.398 e. The molecule has 0 saturated carbocycles. The maximum atomic E-state index is 12.2. The van der Waals surface area contributed by atoms with Crippen molar-refractivity contribution in [1.82, 2.24) is 0 Å². The zero-order valence-corrected chi connectivity index (χ0v) is 12.4. The summed E-state index contributed by atoms with van der Waals surface area (Å²) in [7, 11) is 0. The molecule has 0 aliphatic rings. The molecule has 0 aromatic heterocycles. The summed E-state index contributed by atoms with van der Waals surface area (Å²) >= 11 is 1.54. The molecule has 0 radical (unpaired) electrons. The third-order valence-electron chi connectivity index (χ3n) is 3.06. The lowest BCUT2D eigenvalue weighted by molar-refractivity contribution is -0.115. The summed E-state index contributed by atoms with van der Waals surface area (Å²) < 4.78 is 0. The fraction of sp³-hybridized carbons (Fsp3) is 0.188. The summed E-state index contributed by atoms with van der Waals surface area (Å²) in [5.74, 6) is -0.0208. The number of carbonyl (C=O) groups excluding carboxylic acids is 1. The molecule has 20 heavy (non-hydrogen) atoms. The van der Waals surface area contributed by atoms with Crippen LogP contribution in [0.3, 0.4) is 0 Å². The van der Waals surface area contributed by atoms with Crippen molar-refractivity contribution in [1.29, 1.82) is 0 Å². The average molecular weight is 286 g/mol. The van der Waals surface area contributed by atoms with Crippen molar-refractivity contribution in [2.45, 2.75) is 24.0 Å². The molecule has 1 amide bonds. The number of rotatable bonds is 4. The molecule has 104 valence electrons. The normalized spacial score (nSPS) is 11.9. The molecule has 1 unspecified atom stereocenters. The third kappa shape index (κ3) is 3.54. The fourth-order valence-electron chi connectivity index (χ4n) is 1.78. The Morgan fingerprint density at radius 2 is 1.85 bits per heavy atom. The first-order chi connectivity index (χ1) is 9.58. The molecule has 0 saturated heterocycles. The lowest BCUT2D eigenvalue weighted by Gasteiger charge is -2.14. The molecule has 0 spiro atoms. The summed E-state index contributed by atoms with van der Waals surface area (Å²) in [6.45, 7) is 3.80. The van der Waals surface area contributed by atoms with Gasteiger partial charge in [-0.1, -0.05) is 24.3 Å². The van der Waals surface area contributed by atoms with Gasteiger partial charge in [-0.15, -0.1) is 11.8 Å². The second-order valence-electron chi connectivity index (χ2n) is 4.58. The van der Waals surface area contributed by atoms with E-state index < -0.39 is 0 Å². The van der Waals surface area contributed by atoms with E-state index >= 15 is 0 Å². The van der Waals surface area contributed by atoms with E-state index in [0.29, 0.717) is 5.69 Å². The Morgan fingerprint density at radius 3 is 2.55 bits per heavy atom. The van der Waals surface area contributed by atoms with Crippen molar-refractivity contribution in [3.8, 4) is 0 Å². The second kappa shape index (κ2) is 6.48. The minimum atomic E-state index is -0.168. The van der Waals surface area contributed by atoms with Crippen molar-refractivity contribution in [3.63, 3.8) is 0 Å². The molecule has 0 aliphatic heterocycles. The van der Waals surface area contributed by atoms with Crippen LogP contribution in [0.4, 0.5) is 11.4 Å². The van der Waals surface area contributed by atoms with Crippen LogP contribution in [-0.2, 0) is 4.79 Å². The van der Waals surface area contributed by atoms with Gasteiger partial charge in [-0.25, -0.2) is 0 Å². The van der Waals surface area contributed by atoms with E-state index in [1.165, 1.54) is 11.8 Å². The number of carbonyl (C=O) groups is 1. The number of anilines is 2. The maximum absolute atomic E-state index is 12.2. The van der Waals surface area contributed by atoms with Gasteiger partial charge in [0.15, 0.2) is 0 Å². The van der Waals surface area contributed by atoms with Crippen LogP contribution in [0.25, 0.3) is 0 Å². The molecule has 0 fully saturated rings. The van der Waals surface area contributed by atoms with Gasteiger partial charge in [-0.3, -0.25) is 4.79 Å². The Bertz CT molecular complexity index is 599. The van der Waals surface area contributed by atoms with E-state index in [9.17, 15) is 4.79 Å². The topological polar surface area (TPSA) is 55.1 Å². The highest BCUT2D eigenvalue weighted by Crippen LogP contribution is 2.25. The van der Waals surface area contributed by atoms with Crippen LogP contribution >= 0.6 is 11.8 Å². The van der Waals surface area contributed by atoms with Crippen LogP contribution in [0.2, 0.25) is 0 Å². The molecular formula is C16H18N2OS. The Hall–Kier alpha value is -1.94. The molecule has 2 aromatic carbocycles. The van der Waals surface area contributed by atoms with E-state index in [4.69, 9.17) is 5.73 Å². The predicted octanol–water partition coefficient (Wildman–Crippen LogP) is 3.70. The first-order valence-corrected chi connectivity index (χ1v) is 7.33. The number of hydrogen-bond acceptors (Lipinski definition) is 3. The van der Waals surface area contributed by atoms with E-state index in [2.05, 4.69) is 5.32 Å². The van der Waals surface area contributed by atoms with Crippen molar-refractivity contribution in [3.05, 3.63) is 54.1 Å². The van der Waals surface area contributed by atoms with E-state index in [1.807, 2.05) is 62.4 Å². The van der Waals surface area contributed by atoms with Crippen molar-refractivity contribution in [2.24, 2.45) is 0 Å². The Labute approximate surface area is 123 Å². The van der Waals surface area contributed by atoms with Gasteiger partial charge < -0.3 is 11.1 Å². The summed E-state index contributed by atoms with van der Waals surface area (Å²) in [5, 5.41) is 2.76. The Morgan fingerprint density at radius 1 is 1.15 bits per heavy atom. The van der Waals surface area contributed by atoms with Gasteiger partial charge in [0.2, 0.25) is 5.91 Å². The SMILES string of the molecule is Cc1c(N)cccc1NC(=O)C(C)Sc1ccccc1. The van der Waals surface area contributed by atoms with Crippen LogP contribution in [-0.4, -0.2) is 11.2 Å². The minimum Gasteiger partial charge on any atom is -0.398 e. The zero-order valence-electron chi connectivity index (χ0n) is 11.6. The molecule has 1 atom stereocenters. The summed E-state index contributed by atoms with van der Waals surface area (Å²) in [5.41, 5.74) is 8.20. The van der Waals surface area contributed by atoms with Crippen LogP contribution in [0, 0.1) is 6.92 Å². The molecule has 3 nitrogen and oxygen atoms in total. The van der Waals surface area contributed by atoms with Crippen molar-refractivity contribution in [2.75, 3.05) is 11.1 Å². The fourth-order valence-corrected chi connectivity index (χ4v) is 2.67. The van der Waals surface area contributed by atoms with Crippen molar-refractivity contribution >= 4 is 29.0 Å². The number of amides is 1. The van der Waals surface area contributed by atoms with Gasteiger partial charge in [0.1, 0.15) is 0 Å². The molecule has 0 heterocycles. The lowest BCUT2D eigenvalue weighted by Crippen LogP contribution is -2.22. The molecule has 0 bridgehead atoms. The van der Waals surface area contributed by atoms with Gasteiger partial charge in [-0.05, 0) is 43.7 Å². The molecule has 4 heteroatoms. The van der Waals surface area contributed by atoms with Gasteiger partial charge in [0.25, 0.3) is 0 Å². The van der Waals surface area contributed by atoms with Crippen LogP contribution < -0.4 is 11.1 Å². The Balaban J connectivity index is 2.03. The molecule has 2 rings (SSSR count). The highest BCUT2D eigenvalue weighted by molar-refractivity contribution is 8.00. The smallest absolute Gasteiger partial charge is 0.237 e. The number of nitrogen functional groups attached to an aromatic ring is 1. The summed E-state index contributed by atoms with van der Waals surface area (Å²) in [6, 6.07) is 15.4. The standard InChI is InChI=1S/C16H18N2OS/c1-11-14(17)9-6-10-15(11)18-16(19)12(2)20-13-7-4-3-5-8-13/h3-10,12H,17H2,1-2H3,(H,18,19). The van der Waals surface area contributed by atoms with Crippen LogP contribution in [0.1, 0.15) is 12.5 Å². The average Bonchev–Trinajstić information content (AvgIpc) is 2.45. The van der Waals surface area contributed by atoms with Crippen LogP contribution in [0.5, 0.6) is 0 Å². The molecule has 3 N–H and O–H groups in total. The minimum absolute atomic E-state index is 0.0208. The van der Waals surface area contributed by atoms with Gasteiger partial charge in [-0.2, -0.15) is 0 Å². The molecule has 2 aromatic rings. The quantitative estimate of drug-likeness (QED) is 0.665. The highest BCUT2D eigenvalue weighted by atomic mass is 32.2. The van der Waals surface area contributed by atoms with E-state index in [0.717, 1.165) is 16.1 Å². The monoisotopic (exact) mass is 286 g/mol. The lowest BCUT2D eigenvalue weighted by atomic mass is 10.1. The summed E-state index contributed by atoms with van der Waals surface area (Å²) in [4.78, 5) is 13.3. The first-order valence-electron chi connectivity index (χ1n) is 6.45. The van der Waals surface area contributed by atoms with Gasteiger partial charge in [0.05, 0.1) is 5.25 Å². The highest BCUT2D eigenvalue weighted by Gasteiger charge is 2.15. The summed E-state index contributed by atoms with van der Waals surface area (Å²) in [6.07, 6.45) is 0. The van der Waals surface area contributed by atoms with E-state index in [1.54, 1.807) is 0 Å².